The van der Waals surface area contributed by atoms with Crippen LogP contribution in [0.4, 0.5) is 4.79 Å². The fraction of sp³-hybridized carbons (Fsp3) is 0.542. The minimum absolute atomic E-state index is 0.0643. The van der Waals surface area contributed by atoms with Gasteiger partial charge in [-0.15, -0.1) is 0 Å². The van der Waals surface area contributed by atoms with Crippen LogP contribution in [0.3, 0.4) is 0 Å². The monoisotopic (exact) mass is 505 g/mol. The predicted octanol–water partition coefficient (Wildman–Crippen LogP) is 3.89. The highest BCUT2D eigenvalue weighted by atomic mass is 32.2. The molecule has 4 rings (SSSR count). The molecule has 0 bridgehead atoms. The molecule has 2 unspecified atom stereocenters. The van der Waals surface area contributed by atoms with E-state index in [1.165, 1.54) is 6.33 Å². The zero-order chi connectivity index (χ0) is 25.0. The molecule has 0 saturated carbocycles. The summed E-state index contributed by atoms with van der Waals surface area (Å²) in [4.78, 5) is 22.5. The Morgan fingerprint density at radius 2 is 1.83 bits per heavy atom. The summed E-state index contributed by atoms with van der Waals surface area (Å²) in [6, 6.07) is 7.53. The van der Waals surface area contributed by atoms with Gasteiger partial charge in [-0.3, -0.25) is 8.37 Å². The number of benzene rings is 1. The highest BCUT2D eigenvalue weighted by molar-refractivity contribution is 7.75. The smallest absolute Gasteiger partial charge is 0.410 e. The molecule has 2 saturated heterocycles. The second-order valence-corrected chi connectivity index (χ2v) is 10.4. The normalized spacial score (nSPS) is 21.1. The number of rotatable bonds is 6. The first-order valence-corrected chi connectivity index (χ1v) is 12.6. The van der Waals surface area contributed by atoms with E-state index < -0.39 is 17.0 Å². The van der Waals surface area contributed by atoms with Crippen LogP contribution in [0.25, 0.3) is 0 Å². The second-order valence-electron chi connectivity index (χ2n) is 9.55. The Kier molecular flexibility index (Phi) is 7.88. The number of ether oxygens (including phenoxy) is 3. The van der Waals surface area contributed by atoms with Gasteiger partial charge < -0.3 is 19.1 Å². The molecule has 0 N–H and O–H groups in total. The number of likely N-dealkylation sites (tertiary alicyclic amines) is 1. The Morgan fingerprint density at radius 3 is 2.46 bits per heavy atom. The standard InChI is InChI=1S/C24H31N3O7S/c1-16-21(31-18-7-5-17(6-8-18)13-20-14-30-35(29)34-20)25-15-26-22(16)32-19-9-11-27(12-10-19)23(28)33-24(2,3)4/h5-8,15,19-20H,9-14H2,1-4H3. The van der Waals surface area contributed by atoms with E-state index >= 15 is 0 Å². The highest BCUT2D eigenvalue weighted by Crippen LogP contribution is 2.29. The Bertz CT molecular complexity index is 1050. The quantitative estimate of drug-likeness (QED) is 0.577. The zero-order valence-electron chi connectivity index (χ0n) is 20.4. The largest absolute Gasteiger partial charge is 0.474 e. The van der Waals surface area contributed by atoms with E-state index in [9.17, 15) is 9.00 Å². The van der Waals surface area contributed by atoms with E-state index in [0.29, 0.717) is 62.0 Å². The fourth-order valence-electron chi connectivity index (χ4n) is 3.74. The van der Waals surface area contributed by atoms with Crippen molar-refractivity contribution >= 4 is 17.5 Å². The maximum absolute atomic E-state index is 12.3. The summed E-state index contributed by atoms with van der Waals surface area (Å²) in [5.41, 5.74) is 1.20. The van der Waals surface area contributed by atoms with Gasteiger partial charge in [-0.2, -0.15) is 4.21 Å². The highest BCUT2D eigenvalue weighted by Gasteiger charge is 2.28. The van der Waals surface area contributed by atoms with Gasteiger partial charge >= 0.3 is 17.5 Å². The van der Waals surface area contributed by atoms with Gasteiger partial charge in [0.25, 0.3) is 0 Å². The van der Waals surface area contributed by atoms with Crippen molar-refractivity contribution < 1.29 is 31.6 Å². The number of hydrogen-bond acceptors (Lipinski definition) is 9. The van der Waals surface area contributed by atoms with Crippen LogP contribution in [-0.2, 0) is 30.9 Å². The van der Waals surface area contributed by atoms with Crippen LogP contribution in [0.15, 0.2) is 30.6 Å². The first kappa shape index (κ1) is 25.3. The Balaban J connectivity index is 1.31. The molecule has 0 aliphatic carbocycles. The number of hydrogen-bond donors (Lipinski definition) is 0. The Labute approximate surface area is 207 Å². The van der Waals surface area contributed by atoms with Gasteiger partial charge in [-0.05, 0) is 45.4 Å². The summed E-state index contributed by atoms with van der Waals surface area (Å²) in [5, 5.41) is 0. The number of carbonyl (C=O) groups excluding carboxylic acids is 1. The van der Waals surface area contributed by atoms with E-state index in [-0.39, 0.29) is 18.3 Å². The average molecular weight is 506 g/mol. The van der Waals surface area contributed by atoms with Crippen molar-refractivity contribution in [1.82, 2.24) is 14.9 Å². The van der Waals surface area contributed by atoms with Gasteiger partial charge in [-0.25, -0.2) is 14.8 Å². The fourth-order valence-corrected chi connectivity index (χ4v) is 4.40. The lowest BCUT2D eigenvalue weighted by Crippen LogP contribution is -2.44. The molecule has 0 radical (unpaired) electrons. The third-order valence-electron chi connectivity index (χ3n) is 5.53. The SMILES string of the molecule is Cc1c(Oc2ccc(CC3COS(=O)O3)cc2)ncnc1OC1CCN(C(=O)OC(C)(C)C)CC1. The predicted molar refractivity (Wildman–Crippen MR) is 127 cm³/mol. The molecule has 1 aromatic heterocycles. The molecular weight excluding hydrogens is 474 g/mol. The maximum atomic E-state index is 12.3. The number of amides is 1. The maximum Gasteiger partial charge on any atom is 0.410 e. The average Bonchev–Trinajstić information content (AvgIpc) is 3.21. The molecule has 2 aliphatic heterocycles. The van der Waals surface area contributed by atoms with Crippen molar-refractivity contribution in [2.24, 2.45) is 0 Å². The van der Waals surface area contributed by atoms with Gasteiger partial charge in [0, 0.05) is 32.4 Å². The third kappa shape index (κ3) is 7.12. The first-order chi connectivity index (χ1) is 16.7. The van der Waals surface area contributed by atoms with Crippen molar-refractivity contribution in [3.63, 3.8) is 0 Å². The molecule has 2 atom stereocenters. The molecule has 3 heterocycles. The van der Waals surface area contributed by atoms with Gasteiger partial charge in [0.15, 0.2) is 0 Å². The first-order valence-electron chi connectivity index (χ1n) is 11.6. The summed E-state index contributed by atoms with van der Waals surface area (Å²) in [5.74, 6) is 1.50. The topological polar surface area (TPSA) is 109 Å². The Hall–Kier alpha value is -2.76. The van der Waals surface area contributed by atoms with Gasteiger partial charge in [0.1, 0.15) is 29.9 Å². The van der Waals surface area contributed by atoms with Crippen LogP contribution in [0.1, 0.15) is 44.7 Å². The lowest BCUT2D eigenvalue weighted by atomic mass is 10.1. The van der Waals surface area contributed by atoms with Gasteiger partial charge in [0.05, 0.1) is 12.2 Å². The van der Waals surface area contributed by atoms with Crippen LogP contribution in [0, 0.1) is 6.92 Å². The summed E-state index contributed by atoms with van der Waals surface area (Å²) in [6.45, 7) is 8.87. The molecule has 1 aromatic carbocycles. The van der Waals surface area contributed by atoms with E-state index in [4.69, 9.17) is 22.6 Å². The van der Waals surface area contributed by atoms with E-state index in [0.717, 1.165) is 5.56 Å². The van der Waals surface area contributed by atoms with Crippen LogP contribution in [0.2, 0.25) is 0 Å². The van der Waals surface area contributed by atoms with Crippen LogP contribution in [0.5, 0.6) is 17.5 Å². The summed E-state index contributed by atoms with van der Waals surface area (Å²) < 4.78 is 38.8. The molecule has 190 valence electrons. The van der Waals surface area contributed by atoms with Crippen molar-refractivity contribution in [2.75, 3.05) is 19.7 Å². The zero-order valence-corrected chi connectivity index (χ0v) is 21.2. The molecular formula is C24H31N3O7S. The molecule has 2 aliphatic rings. The molecule has 35 heavy (non-hydrogen) atoms. The molecule has 10 nitrogen and oxygen atoms in total. The molecule has 2 fully saturated rings. The molecule has 2 aromatic rings. The summed E-state index contributed by atoms with van der Waals surface area (Å²) in [6.07, 6.45) is 2.80. The van der Waals surface area contributed by atoms with Crippen molar-refractivity contribution in [3.8, 4) is 17.5 Å². The third-order valence-corrected chi connectivity index (χ3v) is 6.29. The van der Waals surface area contributed by atoms with E-state index in [1.54, 1.807) is 4.90 Å². The second kappa shape index (κ2) is 10.9. The number of carbonyl (C=O) groups is 1. The lowest BCUT2D eigenvalue weighted by Gasteiger charge is -2.33. The van der Waals surface area contributed by atoms with Crippen LogP contribution < -0.4 is 9.47 Å². The Morgan fingerprint density at radius 1 is 1.14 bits per heavy atom. The van der Waals surface area contributed by atoms with Crippen molar-refractivity contribution in [3.05, 3.63) is 41.7 Å². The molecule has 0 spiro atoms. The molecule has 1 amide bonds. The van der Waals surface area contributed by atoms with Crippen molar-refractivity contribution in [1.29, 1.82) is 0 Å². The van der Waals surface area contributed by atoms with Gasteiger partial charge in [-0.1, -0.05) is 12.1 Å². The van der Waals surface area contributed by atoms with E-state index in [2.05, 4.69) is 9.97 Å². The summed E-state index contributed by atoms with van der Waals surface area (Å²) in [7, 11) is 0. The number of piperidine rings is 1. The van der Waals surface area contributed by atoms with Crippen molar-refractivity contribution in [2.45, 2.75) is 64.8 Å². The number of aromatic nitrogens is 2. The minimum atomic E-state index is -1.65. The number of nitrogens with zero attached hydrogens (tertiary/aromatic N) is 3. The molecule has 11 heteroatoms. The summed E-state index contributed by atoms with van der Waals surface area (Å²) >= 11 is -1.65. The van der Waals surface area contributed by atoms with Gasteiger partial charge in [0.2, 0.25) is 11.8 Å². The van der Waals surface area contributed by atoms with E-state index in [1.807, 2.05) is 52.0 Å². The minimum Gasteiger partial charge on any atom is -0.474 e. The van der Waals surface area contributed by atoms with Crippen LogP contribution in [-0.4, -0.2) is 62.7 Å². The van der Waals surface area contributed by atoms with Crippen LogP contribution >= 0.6 is 0 Å². The lowest BCUT2D eigenvalue weighted by molar-refractivity contribution is 0.0122.